The molecule has 2 rings (SSSR count). The molecule has 1 aromatic rings. The minimum Gasteiger partial charge on any atom is -0.395 e. The number of carbonyl (C=O) groups is 1. The molecule has 23 heavy (non-hydrogen) atoms. The molecule has 2 N–H and O–H groups in total. The predicted octanol–water partition coefficient (Wildman–Crippen LogP) is 3.16. The maximum absolute atomic E-state index is 12.3. The molecule has 0 bridgehead atoms. The first kappa shape index (κ1) is 17.6. The number of carbonyl (C=O) groups excluding carboxylic acids is 1. The van der Waals surface area contributed by atoms with Crippen molar-refractivity contribution in [2.24, 2.45) is 5.92 Å². The molecular formula is C18H29N3O2. The standard InChI is InChI=1S/C18H29N3O2/c1-3-9-21(12-13-22)18(23)19-16-5-4-6-17(14-16)20-10-7-15(2)8-11-20/h4-6,14-15,22H,3,7-13H2,1-2H3,(H,19,23). The van der Waals surface area contributed by atoms with Crippen LogP contribution in [0.2, 0.25) is 0 Å². The van der Waals surface area contributed by atoms with Crippen molar-refractivity contribution in [3.8, 4) is 0 Å². The van der Waals surface area contributed by atoms with Crippen molar-refractivity contribution in [3.05, 3.63) is 24.3 Å². The van der Waals surface area contributed by atoms with E-state index < -0.39 is 0 Å². The first-order chi connectivity index (χ1) is 11.1. The number of piperidine rings is 1. The number of hydrogen-bond acceptors (Lipinski definition) is 3. The molecule has 1 heterocycles. The van der Waals surface area contributed by atoms with Crippen LogP contribution in [0.1, 0.15) is 33.1 Å². The number of urea groups is 1. The van der Waals surface area contributed by atoms with Crippen LogP contribution in [-0.4, -0.2) is 48.8 Å². The molecule has 0 aliphatic carbocycles. The second-order valence-corrected chi connectivity index (χ2v) is 6.36. The first-order valence-corrected chi connectivity index (χ1v) is 8.65. The van der Waals surface area contributed by atoms with E-state index in [1.165, 1.54) is 18.5 Å². The third-order valence-electron chi connectivity index (χ3n) is 4.40. The molecule has 1 aromatic carbocycles. The smallest absolute Gasteiger partial charge is 0.321 e. The maximum Gasteiger partial charge on any atom is 0.321 e. The molecule has 1 aliphatic heterocycles. The Morgan fingerprint density at radius 2 is 2.09 bits per heavy atom. The van der Waals surface area contributed by atoms with E-state index in [2.05, 4.69) is 23.2 Å². The van der Waals surface area contributed by atoms with Crippen LogP contribution in [0.5, 0.6) is 0 Å². The Labute approximate surface area is 139 Å². The number of nitrogens with one attached hydrogen (secondary N) is 1. The monoisotopic (exact) mass is 319 g/mol. The number of anilines is 2. The lowest BCUT2D eigenvalue weighted by atomic mass is 9.99. The van der Waals surface area contributed by atoms with E-state index in [4.69, 9.17) is 5.11 Å². The molecule has 5 nitrogen and oxygen atoms in total. The lowest BCUT2D eigenvalue weighted by molar-refractivity contribution is 0.188. The van der Waals surface area contributed by atoms with Gasteiger partial charge in [-0.1, -0.05) is 19.9 Å². The summed E-state index contributed by atoms with van der Waals surface area (Å²) >= 11 is 0. The second-order valence-electron chi connectivity index (χ2n) is 6.36. The maximum atomic E-state index is 12.3. The number of rotatable bonds is 6. The van der Waals surface area contributed by atoms with E-state index in [-0.39, 0.29) is 12.6 Å². The van der Waals surface area contributed by atoms with Crippen LogP contribution >= 0.6 is 0 Å². The fraction of sp³-hybridized carbons (Fsp3) is 0.611. The predicted molar refractivity (Wildman–Crippen MR) is 95.0 cm³/mol. The van der Waals surface area contributed by atoms with Crippen LogP contribution < -0.4 is 10.2 Å². The molecule has 1 aliphatic rings. The molecule has 0 aromatic heterocycles. The molecule has 0 unspecified atom stereocenters. The third-order valence-corrected chi connectivity index (χ3v) is 4.40. The van der Waals surface area contributed by atoms with Gasteiger partial charge in [-0.3, -0.25) is 0 Å². The van der Waals surface area contributed by atoms with E-state index in [9.17, 15) is 4.79 Å². The molecule has 0 spiro atoms. The van der Waals surface area contributed by atoms with Crippen LogP contribution in [0.3, 0.4) is 0 Å². The summed E-state index contributed by atoms with van der Waals surface area (Å²) < 4.78 is 0. The second kappa shape index (κ2) is 8.77. The molecule has 5 heteroatoms. The molecule has 128 valence electrons. The minimum absolute atomic E-state index is 0.0145. The van der Waals surface area contributed by atoms with Crippen molar-refractivity contribution in [2.75, 3.05) is 43.0 Å². The number of hydrogen-bond donors (Lipinski definition) is 2. The third kappa shape index (κ3) is 5.13. The van der Waals surface area contributed by atoms with Gasteiger partial charge >= 0.3 is 6.03 Å². The number of amides is 2. The summed E-state index contributed by atoms with van der Waals surface area (Å²) in [4.78, 5) is 16.3. The zero-order valence-corrected chi connectivity index (χ0v) is 14.3. The van der Waals surface area contributed by atoms with Crippen LogP contribution in [0.25, 0.3) is 0 Å². The Balaban J connectivity index is 2.00. The normalized spacial score (nSPS) is 15.5. The van der Waals surface area contributed by atoms with Crippen molar-refractivity contribution in [2.45, 2.75) is 33.1 Å². The summed E-state index contributed by atoms with van der Waals surface area (Å²) in [7, 11) is 0. The molecule has 1 fully saturated rings. The number of aliphatic hydroxyl groups excluding tert-OH is 1. The van der Waals surface area contributed by atoms with Crippen molar-refractivity contribution in [1.82, 2.24) is 4.90 Å². The van der Waals surface area contributed by atoms with Gasteiger partial charge < -0.3 is 20.2 Å². The van der Waals surface area contributed by atoms with Gasteiger partial charge in [-0.15, -0.1) is 0 Å². The molecule has 0 radical (unpaired) electrons. The topological polar surface area (TPSA) is 55.8 Å². The highest BCUT2D eigenvalue weighted by Crippen LogP contribution is 2.25. The van der Waals surface area contributed by atoms with Gasteiger partial charge in [0.1, 0.15) is 0 Å². The van der Waals surface area contributed by atoms with Gasteiger partial charge in [-0.25, -0.2) is 4.79 Å². The number of benzene rings is 1. The summed E-state index contributed by atoms with van der Waals surface area (Å²) in [5.41, 5.74) is 1.98. The van der Waals surface area contributed by atoms with Gasteiger partial charge in [0.15, 0.2) is 0 Å². The summed E-state index contributed by atoms with van der Waals surface area (Å²) in [6.45, 7) is 7.47. The van der Waals surface area contributed by atoms with Crippen LogP contribution in [0, 0.1) is 5.92 Å². The van der Waals surface area contributed by atoms with Crippen LogP contribution in [-0.2, 0) is 0 Å². The SMILES string of the molecule is CCCN(CCO)C(=O)Nc1cccc(N2CCC(C)CC2)c1. The highest BCUT2D eigenvalue weighted by molar-refractivity contribution is 5.89. The van der Waals surface area contributed by atoms with Crippen LogP contribution in [0.4, 0.5) is 16.2 Å². The summed E-state index contributed by atoms with van der Waals surface area (Å²) in [6.07, 6.45) is 3.31. The first-order valence-electron chi connectivity index (χ1n) is 8.65. The fourth-order valence-corrected chi connectivity index (χ4v) is 2.96. The molecule has 0 atom stereocenters. The van der Waals surface area contributed by atoms with E-state index in [1.54, 1.807) is 4.90 Å². The Morgan fingerprint density at radius 3 is 2.74 bits per heavy atom. The van der Waals surface area contributed by atoms with E-state index in [0.29, 0.717) is 13.1 Å². The zero-order valence-electron chi connectivity index (χ0n) is 14.3. The van der Waals surface area contributed by atoms with Crippen molar-refractivity contribution in [1.29, 1.82) is 0 Å². The summed E-state index contributed by atoms with van der Waals surface area (Å²) in [6, 6.07) is 7.89. The average molecular weight is 319 g/mol. The van der Waals surface area contributed by atoms with Gasteiger partial charge in [-0.2, -0.15) is 0 Å². The van der Waals surface area contributed by atoms with Gasteiger partial charge in [0.05, 0.1) is 6.61 Å². The zero-order chi connectivity index (χ0) is 16.7. The van der Waals surface area contributed by atoms with E-state index in [1.807, 2.05) is 25.1 Å². The van der Waals surface area contributed by atoms with Gasteiger partial charge in [0.25, 0.3) is 0 Å². The fourth-order valence-electron chi connectivity index (χ4n) is 2.96. The van der Waals surface area contributed by atoms with Gasteiger partial charge in [0, 0.05) is 37.6 Å². The molecular weight excluding hydrogens is 290 g/mol. The van der Waals surface area contributed by atoms with Crippen molar-refractivity contribution in [3.63, 3.8) is 0 Å². The van der Waals surface area contributed by atoms with Gasteiger partial charge in [0.2, 0.25) is 0 Å². The quantitative estimate of drug-likeness (QED) is 0.847. The molecule has 1 saturated heterocycles. The summed E-state index contributed by atoms with van der Waals surface area (Å²) in [5.74, 6) is 0.801. The van der Waals surface area contributed by atoms with E-state index >= 15 is 0 Å². The lowest BCUT2D eigenvalue weighted by Gasteiger charge is -2.32. The van der Waals surface area contributed by atoms with Gasteiger partial charge in [-0.05, 0) is 43.4 Å². The Hall–Kier alpha value is -1.75. The Kier molecular flexibility index (Phi) is 6.71. The Morgan fingerprint density at radius 1 is 1.35 bits per heavy atom. The largest absolute Gasteiger partial charge is 0.395 e. The highest BCUT2D eigenvalue weighted by Gasteiger charge is 2.17. The lowest BCUT2D eigenvalue weighted by Crippen LogP contribution is -2.37. The van der Waals surface area contributed by atoms with E-state index in [0.717, 1.165) is 31.1 Å². The minimum atomic E-state index is -0.148. The van der Waals surface area contributed by atoms with Crippen LogP contribution in [0.15, 0.2) is 24.3 Å². The molecule has 2 amide bonds. The Bertz CT molecular complexity index is 493. The number of aliphatic hydroxyl groups is 1. The van der Waals surface area contributed by atoms with Crippen molar-refractivity contribution >= 4 is 17.4 Å². The van der Waals surface area contributed by atoms with Crippen molar-refractivity contribution < 1.29 is 9.90 Å². The molecule has 0 saturated carbocycles. The number of nitrogens with zero attached hydrogens (tertiary/aromatic N) is 2. The summed E-state index contributed by atoms with van der Waals surface area (Å²) in [5, 5.41) is 12.0. The average Bonchev–Trinajstić information content (AvgIpc) is 2.55. The highest BCUT2D eigenvalue weighted by atomic mass is 16.3.